The van der Waals surface area contributed by atoms with Gasteiger partial charge in [0.2, 0.25) is 0 Å². The number of benzene rings is 2. The SMILES string of the molecule is COc1ccc2c(c1)C(C)=CC(C)(C)N2C(=O)Nc1ccc(Cl)cc1. The van der Waals surface area contributed by atoms with Gasteiger partial charge in [-0.05, 0) is 68.8 Å². The molecule has 0 spiro atoms. The molecule has 0 fully saturated rings. The molecule has 1 N–H and O–H groups in total. The number of fused-ring (bicyclic) bond motifs is 1. The summed E-state index contributed by atoms with van der Waals surface area (Å²) in [5.41, 5.74) is 3.21. The third-order valence-electron chi connectivity index (χ3n) is 4.31. The molecular weight excluding hydrogens is 336 g/mol. The number of ether oxygens (including phenoxy) is 1. The van der Waals surface area contributed by atoms with Crippen molar-refractivity contribution in [2.24, 2.45) is 0 Å². The maximum Gasteiger partial charge on any atom is 0.327 e. The Hall–Kier alpha value is -2.46. The van der Waals surface area contributed by atoms with Crippen LogP contribution in [-0.4, -0.2) is 18.7 Å². The van der Waals surface area contributed by atoms with Crippen LogP contribution in [0.15, 0.2) is 48.5 Å². The number of nitrogens with zero attached hydrogens (tertiary/aromatic N) is 1. The fraction of sp³-hybridized carbons (Fsp3) is 0.250. The molecule has 0 atom stereocenters. The van der Waals surface area contributed by atoms with Crippen LogP contribution in [-0.2, 0) is 0 Å². The highest BCUT2D eigenvalue weighted by molar-refractivity contribution is 6.30. The number of hydrogen-bond acceptors (Lipinski definition) is 2. The van der Waals surface area contributed by atoms with Gasteiger partial charge in [-0.1, -0.05) is 17.7 Å². The monoisotopic (exact) mass is 356 g/mol. The fourth-order valence-corrected chi connectivity index (χ4v) is 3.35. The van der Waals surface area contributed by atoms with Crippen LogP contribution >= 0.6 is 11.6 Å². The van der Waals surface area contributed by atoms with E-state index < -0.39 is 5.54 Å². The Morgan fingerprint density at radius 1 is 1.16 bits per heavy atom. The van der Waals surface area contributed by atoms with Crippen molar-refractivity contribution in [2.45, 2.75) is 26.3 Å². The molecule has 1 aliphatic rings. The molecule has 5 heteroatoms. The maximum atomic E-state index is 13.0. The molecule has 0 radical (unpaired) electrons. The first-order chi connectivity index (χ1) is 11.8. The Morgan fingerprint density at radius 2 is 1.84 bits per heavy atom. The number of nitrogens with one attached hydrogen (secondary N) is 1. The van der Waals surface area contributed by atoms with Crippen LogP contribution in [0.2, 0.25) is 5.02 Å². The van der Waals surface area contributed by atoms with Gasteiger partial charge in [-0.2, -0.15) is 0 Å². The van der Waals surface area contributed by atoms with E-state index in [4.69, 9.17) is 16.3 Å². The van der Waals surface area contributed by atoms with Crippen LogP contribution < -0.4 is 15.0 Å². The normalized spacial score (nSPS) is 15.2. The van der Waals surface area contributed by atoms with Gasteiger partial charge >= 0.3 is 6.03 Å². The largest absolute Gasteiger partial charge is 0.497 e. The Kier molecular flexibility index (Phi) is 4.48. The standard InChI is InChI=1S/C20H21ClN2O2/c1-13-12-20(2,3)23(18-10-9-16(25-4)11-17(13)18)19(24)22-15-7-5-14(21)6-8-15/h5-12H,1-4H3,(H,22,24). The molecule has 2 amide bonds. The molecule has 1 heterocycles. The number of rotatable bonds is 2. The number of methoxy groups -OCH3 is 1. The van der Waals surface area contributed by atoms with Crippen LogP contribution in [0.4, 0.5) is 16.2 Å². The Bertz CT molecular complexity index is 841. The van der Waals surface area contributed by atoms with Crippen LogP contribution in [0.25, 0.3) is 5.57 Å². The molecular formula is C20H21ClN2O2. The quantitative estimate of drug-likeness (QED) is 0.762. The van der Waals surface area contributed by atoms with Gasteiger partial charge in [0, 0.05) is 16.3 Å². The summed E-state index contributed by atoms with van der Waals surface area (Å²) in [7, 11) is 1.64. The van der Waals surface area contributed by atoms with Crippen LogP contribution in [0.5, 0.6) is 5.75 Å². The second-order valence-electron chi connectivity index (χ2n) is 6.64. The minimum Gasteiger partial charge on any atom is -0.497 e. The van der Waals surface area contributed by atoms with Gasteiger partial charge in [0.25, 0.3) is 0 Å². The number of urea groups is 1. The minimum absolute atomic E-state index is 0.192. The fourth-order valence-electron chi connectivity index (χ4n) is 3.22. The summed E-state index contributed by atoms with van der Waals surface area (Å²) in [4.78, 5) is 14.8. The van der Waals surface area contributed by atoms with E-state index in [1.807, 2.05) is 32.0 Å². The van der Waals surface area contributed by atoms with Gasteiger partial charge in [-0.25, -0.2) is 4.79 Å². The lowest BCUT2D eigenvalue weighted by Crippen LogP contribution is -2.50. The summed E-state index contributed by atoms with van der Waals surface area (Å²) in [5, 5.41) is 3.58. The lowest BCUT2D eigenvalue weighted by atomic mass is 9.89. The minimum atomic E-state index is -0.456. The molecule has 0 saturated carbocycles. The first kappa shape index (κ1) is 17.4. The number of halogens is 1. The predicted molar refractivity (Wildman–Crippen MR) is 104 cm³/mol. The van der Waals surface area contributed by atoms with Gasteiger partial charge in [0.1, 0.15) is 5.75 Å². The Morgan fingerprint density at radius 3 is 2.48 bits per heavy atom. The number of amides is 2. The zero-order valence-corrected chi connectivity index (χ0v) is 15.5. The second kappa shape index (κ2) is 6.45. The second-order valence-corrected chi connectivity index (χ2v) is 7.07. The zero-order valence-electron chi connectivity index (χ0n) is 14.8. The highest BCUT2D eigenvalue weighted by atomic mass is 35.5. The van der Waals surface area contributed by atoms with E-state index in [0.717, 1.165) is 22.6 Å². The van der Waals surface area contributed by atoms with E-state index >= 15 is 0 Å². The molecule has 25 heavy (non-hydrogen) atoms. The summed E-state index contributed by atoms with van der Waals surface area (Å²) in [6.45, 7) is 6.09. The highest BCUT2D eigenvalue weighted by Crippen LogP contribution is 2.40. The summed E-state index contributed by atoms with van der Waals surface area (Å²) in [6.07, 6.45) is 2.09. The lowest BCUT2D eigenvalue weighted by molar-refractivity contribution is 0.253. The molecule has 0 aromatic heterocycles. The van der Waals surface area contributed by atoms with Crippen molar-refractivity contribution >= 4 is 34.6 Å². The first-order valence-corrected chi connectivity index (χ1v) is 8.44. The molecule has 0 bridgehead atoms. The molecule has 4 nitrogen and oxygen atoms in total. The van der Waals surface area contributed by atoms with Crippen molar-refractivity contribution in [2.75, 3.05) is 17.3 Å². The molecule has 130 valence electrons. The first-order valence-electron chi connectivity index (χ1n) is 8.06. The third kappa shape index (κ3) is 3.35. The van der Waals surface area contributed by atoms with E-state index in [1.165, 1.54) is 0 Å². The van der Waals surface area contributed by atoms with Crippen LogP contribution in [0, 0.1) is 0 Å². The summed E-state index contributed by atoms with van der Waals surface area (Å²) in [6, 6.07) is 12.6. The third-order valence-corrected chi connectivity index (χ3v) is 4.57. The van der Waals surface area contributed by atoms with Crippen LogP contribution in [0.3, 0.4) is 0 Å². The van der Waals surface area contributed by atoms with Gasteiger partial charge in [-0.3, -0.25) is 4.90 Å². The molecule has 1 aliphatic heterocycles. The van der Waals surface area contributed by atoms with Crippen molar-refractivity contribution in [1.29, 1.82) is 0 Å². The van der Waals surface area contributed by atoms with Crippen molar-refractivity contribution in [3.8, 4) is 5.75 Å². The number of hydrogen-bond donors (Lipinski definition) is 1. The van der Waals surface area contributed by atoms with E-state index in [9.17, 15) is 4.79 Å². The van der Waals surface area contributed by atoms with E-state index in [-0.39, 0.29) is 6.03 Å². The zero-order chi connectivity index (χ0) is 18.2. The lowest BCUT2D eigenvalue weighted by Gasteiger charge is -2.41. The van der Waals surface area contributed by atoms with Gasteiger partial charge in [0.05, 0.1) is 18.3 Å². The molecule has 0 aliphatic carbocycles. The van der Waals surface area contributed by atoms with Crippen molar-refractivity contribution in [3.63, 3.8) is 0 Å². The summed E-state index contributed by atoms with van der Waals surface area (Å²) < 4.78 is 5.32. The molecule has 0 saturated heterocycles. The van der Waals surface area contributed by atoms with Gasteiger partial charge in [-0.15, -0.1) is 0 Å². The van der Waals surface area contributed by atoms with E-state index in [2.05, 4.69) is 18.3 Å². The molecule has 2 aromatic carbocycles. The summed E-state index contributed by atoms with van der Waals surface area (Å²) in [5.74, 6) is 0.768. The molecule has 2 aromatic rings. The number of anilines is 2. The van der Waals surface area contributed by atoms with Gasteiger partial charge in [0.15, 0.2) is 0 Å². The van der Waals surface area contributed by atoms with Crippen molar-refractivity contribution < 1.29 is 9.53 Å². The maximum absolute atomic E-state index is 13.0. The number of carbonyl (C=O) groups excluding carboxylic acids is 1. The van der Waals surface area contributed by atoms with Crippen LogP contribution in [0.1, 0.15) is 26.3 Å². The number of carbonyl (C=O) groups is 1. The Balaban J connectivity index is 1.99. The topological polar surface area (TPSA) is 41.6 Å². The average Bonchev–Trinajstić information content (AvgIpc) is 2.56. The number of allylic oxidation sites excluding steroid dienone is 1. The molecule has 3 rings (SSSR count). The smallest absolute Gasteiger partial charge is 0.327 e. The van der Waals surface area contributed by atoms with Crippen molar-refractivity contribution in [3.05, 3.63) is 59.1 Å². The predicted octanol–water partition coefficient (Wildman–Crippen LogP) is 5.58. The average molecular weight is 357 g/mol. The Labute approximate surface area is 153 Å². The van der Waals surface area contributed by atoms with E-state index in [0.29, 0.717) is 10.7 Å². The van der Waals surface area contributed by atoms with Gasteiger partial charge < -0.3 is 10.1 Å². The highest BCUT2D eigenvalue weighted by Gasteiger charge is 2.36. The van der Waals surface area contributed by atoms with Crippen molar-refractivity contribution in [1.82, 2.24) is 0 Å². The molecule has 0 unspecified atom stereocenters. The summed E-state index contributed by atoms with van der Waals surface area (Å²) >= 11 is 5.91. The van der Waals surface area contributed by atoms with E-state index in [1.54, 1.807) is 36.3 Å².